The largest absolute Gasteiger partial charge is 0.462 e. The molecule has 0 bridgehead atoms. The topological polar surface area (TPSA) is 61.8 Å². The summed E-state index contributed by atoms with van der Waals surface area (Å²) in [5.74, 6) is -0.428. The van der Waals surface area contributed by atoms with Crippen molar-refractivity contribution >= 4 is 11.9 Å². The van der Waals surface area contributed by atoms with Crippen molar-refractivity contribution in [3.05, 3.63) is 60.8 Å². The first-order valence-corrected chi connectivity index (χ1v) is 22.8. The van der Waals surface area contributed by atoms with Gasteiger partial charge in [0.1, 0.15) is 6.61 Å². The Morgan fingerprint density at radius 2 is 0.833 bits per heavy atom. The first-order chi connectivity index (χ1) is 26.6. The van der Waals surface area contributed by atoms with Gasteiger partial charge in [-0.3, -0.25) is 9.59 Å². The van der Waals surface area contributed by atoms with Crippen molar-refractivity contribution in [1.29, 1.82) is 0 Å². The van der Waals surface area contributed by atoms with Crippen LogP contribution >= 0.6 is 0 Å². The normalized spacial score (nSPS) is 12.7. The fraction of sp³-hybridized carbons (Fsp3) is 0.755. The quantitative estimate of drug-likeness (QED) is 0.0353. The van der Waals surface area contributed by atoms with Crippen molar-refractivity contribution in [2.24, 2.45) is 0 Å². The van der Waals surface area contributed by atoms with E-state index in [2.05, 4.69) is 81.5 Å². The summed E-state index contributed by atoms with van der Waals surface area (Å²) in [6.45, 7) is 7.61. The Bertz CT molecular complexity index is 946. The van der Waals surface area contributed by atoms with Gasteiger partial charge in [-0.25, -0.2) is 0 Å². The van der Waals surface area contributed by atoms with E-state index in [0.29, 0.717) is 19.4 Å². The van der Waals surface area contributed by atoms with E-state index in [-0.39, 0.29) is 25.2 Å². The molecule has 0 aliphatic rings. The molecule has 0 heterocycles. The van der Waals surface area contributed by atoms with Crippen LogP contribution in [0.15, 0.2) is 60.8 Å². The zero-order valence-corrected chi connectivity index (χ0v) is 35.7. The molecule has 0 aliphatic heterocycles. The monoisotopic (exact) mass is 755 g/mol. The van der Waals surface area contributed by atoms with Crippen molar-refractivity contribution in [2.45, 2.75) is 219 Å². The highest BCUT2D eigenvalue weighted by Gasteiger charge is 2.17. The number of unbranched alkanes of at least 4 members (excludes halogenated alkanes) is 20. The summed E-state index contributed by atoms with van der Waals surface area (Å²) in [4.78, 5) is 25.2. The molecule has 0 N–H and O–H groups in total. The maximum absolute atomic E-state index is 12.7. The number of esters is 2. The van der Waals surface area contributed by atoms with Crippen LogP contribution in [-0.4, -0.2) is 37.9 Å². The predicted octanol–water partition coefficient (Wildman–Crippen LogP) is 15.0. The molecule has 0 saturated carbocycles. The van der Waals surface area contributed by atoms with Gasteiger partial charge in [0.05, 0.1) is 6.61 Å². The minimum Gasteiger partial charge on any atom is -0.462 e. The Morgan fingerprint density at radius 1 is 0.426 bits per heavy atom. The molecule has 0 spiro atoms. The van der Waals surface area contributed by atoms with Crippen molar-refractivity contribution < 1.29 is 23.8 Å². The van der Waals surface area contributed by atoms with Gasteiger partial charge in [0.25, 0.3) is 0 Å². The van der Waals surface area contributed by atoms with Crippen LogP contribution < -0.4 is 0 Å². The summed E-state index contributed by atoms with van der Waals surface area (Å²) < 4.78 is 17.3. The molecule has 1 unspecified atom stereocenters. The molecule has 0 amide bonds. The molecule has 312 valence electrons. The molecule has 0 radical (unpaired) electrons. The molecule has 5 heteroatoms. The lowest BCUT2D eigenvalue weighted by Crippen LogP contribution is -2.30. The molecule has 0 fully saturated rings. The molecule has 0 aromatic heterocycles. The summed E-state index contributed by atoms with van der Waals surface area (Å²) in [7, 11) is 0. The van der Waals surface area contributed by atoms with Gasteiger partial charge in [0.15, 0.2) is 6.10 Å². The molecule has 0 saturated heterocycles. The molecule has 0 aromatic carbocycles. The third-order valence-electron chi connectivity index (χ3n) is 9.54. The lowest BCUT2D eigenvalue weighted by atomic mass is 10.1. The number of allylic oxidation sites excluding steroid dienone is 10. The Morgan fingerprint density at radius 3 is 1.37 bits per heavy atom. The number of carbonyl (C=O) groups excluding carboxylic acids is 2. The fourth-order valence-corrected chi connectivity index (χ4v) is 6.14. The van der Waals surface area contributed by atoms with Gasteiger partial charge in [-0.2, -0.15) is 0 Å². The average molecular weight is 755 g/mol. The summed E-state index contributed by atoms with van der Waals surface area (Å²) in [5.41, 5.74) is 0. The van der Waals surface area contributed by atoms with E-state index in [1.165, 1.54) is 96.3 Å². The average Bonchev–Trinajstić information content (AvgIpc) is 3.17. The number of hydrogen-bond donors (Lipinski definition) is 0. The van der Waals surface area contributed by atoms with Gasteiger partial charge in [0, 0.05) is 19.4 Å². The van der Waals surface area contributed by atoms with Crippen LogP contribution in [0.25, 0.3) is 0 Å². The highest BCUT2D eigenvalue weighted by atomic mass is 16.6. The Hall–Kier alpha value is -2.40. The predicted molar refractivity (Wildman–Crippen MR) is 233 cm³/mol. The van der Waals surface area contributed by atoms with Gasteiger partial charge in [-0.15, -0.1) is 0 Å². The van der Waals surface area contributed by atoms with Crippen molar-refractivity contribution in [1.82, 2.24) is 0 Å². The molecular formula is C49H86O5. The van der Waals surface area contributed by atoms with Gasteiger partial charge in [-0.1, -0.05) is 178 Å². The number of hydrogen-bond acceptors (Lipinski definition) is 5. The maximum atomic E-state index is 12.7. The van der Waals surface area contributed by atoms with Crippen LogP contribution in [0.4, 0.5) is 0 Å². The molecule has 5 nitrogen and oxygen atoms in total. The minimum atomic E-state index is -0.550. The third kappa shape index (κ3) is 42.3. The molecule has 0 aliphatic carbocycles. The van der Waals surface area contributed by atoms with E-state index >= 15 is 0 Å². The Labute approximate surface area is 334 Å². The summed E-state index contributed by atoms with van der Waals surface area (Å²) in [6.07, 6.45) is 55.0. The Kier molecular flexibility index (Phi) is 43.0. The second kappa shape index (κ2) is 45.0. The van der Waals surface area contributed by atoms with Gasteiger partial charge >= 0.3 is 11.9 Å². The van der Waals surface area contributed by atoms with Gasteiger partial charge in [0.2, 0.25) is 0 Å². The number of ether oxygens (including phenoxy) is 3. The van der Waals surface area contributed by atoms with E-state index in [1.807, 2.05) is 0 Å². The van der Waals surface area contributed by atoms with E-state index in [1.54, 1.807) is 0 Å². The van der Waals surface area contributed by atoms with Crippen LogP contribution in [-0.2, 0) is 23.8 Å². The van der Waals surface area contributed by atoms with Crippen molar-refractivity contribution in [3.8, 4) is 0 Å². The SMILES string of the molecule is CC/C=C\C/C=C\C/C=C\CCCCCCOCC(COC(=O)CCCCCCC/C=C\C/C=C\CCCCC)OC(=O)CCCCCCCCCCC. The molecular weight excluding hydrogens is 669 g/mol. The highest BCUT2D eigenvalue weighted by molar-refractivity contribution is 5.70. The zero-order chi connectivity index (χ0) is 39.3. The maximum Gasteiger partial charge on any atom is 0.306 e. The molecule has 1 atom stereocenters. The summed E-state index contributed by atoms with van der Waals surface area (Å²) >= 11 is 0. The zero-order valence-electron chi connectivity index (χ0n) is 35.7. The lowest BCUT2D eigenvalue weighted by Gasteiger charge is -2.18. The number of rotatable bonds is 41. The number of carbonyl (C=O) groups is 2. The smallest absolute Gasteiger partial charge is 0.306 e. The standard InChI is InChI=1S/C49H86O5/c1-4-7-10-13-16-19-21-23-25-26-28-31-33-36-39-42-48(50)53-46-47(54-49(51)43-40-37-34-30-18-15-12-9-6-3)45-52-44-41-38-35-32-29-27-24-22-20-17-14-11-8-5-2/h8,11,16-17,19-20,23-25,27,47H,4-7,9-10,12-15,18,21-22,26,28-46H2,1-3H3/b11-8-,19-16-,20-17-,25-23-,27-24-. The molecule has 0 rings (SSSR count). The van der Waals surface area contributed by atoms with Gasteiger partial charge in [-0.05, 0) is 83.5 Å². The van der Waals surface area contributed by atoms with Crippen molar-refractivity contribution in [2.75, 3.05) is 19.8 Å². The third-order valence-corrected chi connectivity index (χ3v) is 9.54. The fourth-order valence-electron chi connectivity index (χ4n) is 6.14. The van der Waals surface area contributed by atoms with Crippen molar-refractivity contribution in [3.63, 3.8) is 0 Å². The van der Waals surface area contributed by atoms with Crippen LogP contribution in [0.2, 0.25) is 0 Å². The first kappa shape index (κ1) is 51.6. The minimum absolute atomic E-state index is 0.0690. The second-order valence-corrected chi connectivity index (χ2v) is 14.9. The summed E-state index contributed by atoms with van der Waals surface area (Å²) in [5, 5.41) is 0. The Balaban J connectivity index is 4.28. The second-order valence-electron chi connectivity index (χ2n) is 14.9. The molecule has 54 heavy (non-hydrogen) atoms. The van der Waals surface area contributed by atoms with E-state index in [9.17, 15) is 9.59 Å². The summed E-state index contributed by atoms with van der Waals surface area (Å²) in [6, 6.07) is 0. The lowest BCUT2D eigenvalue weighted by molar-refractivity contribution is -0.163. The van der Waals surface area contributed by atoms with E-state index in [0.717, 1.165) is 83.5 Å². The van der Waals surface area contributed by atoms with Gasteiger partial charge < -0.3 is 14.2 Å². The highest BCUT2D eigenvalue weighted by Crippen LogP contribution is 2.13. The van der Waals surface area contributed by atoms with Crippen LogP contribution in [0.5, 0.6) is 0 Å². The van der Waals surface area contributed by atoms with E-state index < -0.39 is 6.10 Å². The van der Waals surface area contributed by atoms with E-state index in [4.69, 9.17) is 14.2 Å². The molecule has 0 aromatic rings. The first-order valence-electron chi connectivity index (χ1n) is 22.8. The van der Waals surface area contributed by atoms with Crippen LogP contribution in [0.1, 0.15) is 213 Å². The van der Waals surface area contributed by atoms with Crippen LogP contribution in [0.3, 0.4) is 0 Å². The van der Waals surface area contributed by atoms with Crippen LogP contribution in [0, 0.1) is 0 Å².